The van der Waals surface area contributed by atoms with E-state index in [1.165, 1.54) is 0 Å². The molecular formula is C49H46O4. The van der Waals surface area contributed by atoms with E-state index >= 15 is 0 Å². The fourth-order valence-corrected chi connectivity index (χ4v) is 8.69. The van der Waals surface area contributed by atoms with Crippen molar-refractivity contribution in [3.05, 3.63) is 144 Å². The molecule has 0 bridgehead atoms. The van der Waals surface area contributed by atoms with Crippen molar-refractivity contribution >= 4 is 33.5 Å². The van der Waals surface area contributed by atoms with E-state index in [1.807, 2.05) is 26.8 Å². The molecule has 2 aliphatic rings. The van der Waals surface area contributed by atoms with Gasteiger partial charge in [0.15, 0.2) is 11.2 Å². The van der Waals surface area contributed by atoms with Crippen LogP contribution in [0, 0.1) is 17.3 Å². The predicted octanol–water partition coefficient (Wildman–Crippen LogP) is 12.1. The Hall–Kier alpha value is -5.48. The van der Waals surface area contributed by atoms with Crippen LogP contribution in [0.15, 0.2) is 121 Å². The summed E-state index contributed by atoms with van der Waals surface area (Å²) in [6, 6.07) is 38.6. The zero-order valence-electron chi connectivity index (χ0n) is 31.9. The van der Waals surface area contributed by atoms with Crippen molar-refractivity contribution in [1.29, 1.82) is 0 Å². The maximum atomic E-state index is 13.6. The van der Waals surface area contributed by atoms with Crippen LogP contribution >= 0.6 is 0 Å². The van der Waals surface area contributed by atoms with Gasteiger partial charge in [-0.2, -0.15) is 0 Å². The van der Waals surface area contributed by atoms with E-state index in [0.717, 1.165) is 77.2 Å². The molecule has 0 radical (unpaired) electrons. The van der Waals surface area contributed by atoms with Crippen molar-refractivity contribution in [3.63, 3.8) is 0 Å². The minimum absolute atomic E-state index is 0.0164. The lowest BCUT2D eigenvalue weighted by Crippen LogP contribution is -2.40. The number of hydrogen-bond acceptors (Lipinski definition) is 4. The third kappa shape index (κ3) is 5.02. The van der Waals surface area contributed by atoms with Gasteiger partial charge in [0.05, 0.1) is 5.41 Å². The van der Waals surface area contributed by atoms with Crippen LogP contribution < -0.4 is 0 Å². The second-order valence-electron chi connectivity index (χ2n) is 16.6. The first-order valence-corrected chi connectivity index (χ1v) is 18.7. The Labute approximate surface area is 312 Å². The minimum atomic E-state index is -1.00. The molecular weight excluding hydrogens is 653 g/mol. The van der Waals surface area contributed by atoms with Crippen LogP contribution in [0.4, 0.5) is 0 Å². The van der Waals surface area contributed by atoms with Crippen molar-refractivity contribution in [2.75, 3.05) is 0 Å². The first kappa shape index (κ1) is 34.6. The summed E-state index contributed by atoms with van der Waals surface area (Å²) in [5.74, 6) is -0.714. The van der Waals surface area contributed by atoms with Gasteiger partial charge in [-0.25, -0.2) is 4.79 Å². The van der Waals surface area contributed by atoms with E-state index in [1.54, 1.807) is 6.92 Å². The summed E-state index contributed by atoms with van der Waals surface area (Å²) in [5.41, 5.74) is 8.24. The number of benzene rings is 6. The fourth-order valence-electron chi connectivity index (χ4n) is 8.69. The highest BCUT2D eigenvalue weighted by Gasteiger charge is 2.51. The lowest BCUT2D eigenvalue weighted by atomic mass is 9.79. The molecule has 0 saturated carbocycles. The number of ether oxygens (including phenoxy) is 2. The van der Waals surface area contributed by atoms with Crippen molar-refractivity contribution in [2.45, 2.75) is 66.6 Å². The van der Waals surface area contributed by atoms with Gasteiger partial charge in [0.1, 0.15) is 0 Å². The quantitative estimate of drug-likeness (QED) is 0.128. The van der Waals surface area contributed by atoms with E-state index in [0.29, 0.717) is 5.57 Å². The summed E-state index contributed by atoms with van der Waals surface area (Å²) >= 11 is 0. The van der Waals surface area contributed by atoms with Crippen LogP contribution in [0.1, 0.15) is 77.6 Å². The van der Waals surface area contributed by atoms with E-state index in [-0.39, 0.29) is 17.8 Å². The van der Waals surface area contributed by atoms with Gasteiger partial charge < -0.3 is 9.47 Å². The number of fused-ring (bicyclic) bond motifs is 9. The molecule has 0 spiro atoms. The molecule has 2 aliphatic carbocycles. The second kappa shape index (κ2) is 12.0. The van der Waals surface area contributed by atoms with Crippen molar-refractivity contribution in [2.24, 2.45) is 17.3 Å². The molecule has 0 saturated heterocycles. The number of esters is 2. The number of rotatable bonds is 6. The van der Waals surface area contributed by atoms with Crippen LogP contribution in [0.5, 0.6) is 0 Å². The Morgan fingerprint density at radius 1 is 0.585 bits per heavy atom. The molecule has 0 heterocycles. The van der Waals surface area contributed by atoms with E-state index in [4.69, 9.17) is 9.47 Å². The standard InChI is InChI=1S/C49H46O4/c1-28(2)45(50)52-49(30(5)6)41-23-21-31-14-10-11-15-36(31)44(41)38-22-20-34(26-42(38)49)32-18-19-33-25-39-37-16-12-13-17-40(37)48(29(3)4,43(39)27-35(33)24-32)53-46(51)47(7,8)9/h10-27,29-30H,1H2,2-9H3. The highest BCUT2D eigenvalue weighted by molar-refractivity contribution is 6.04. The molecule has 6 aromatic carbocycles. The van der Waals surface area contributed by atoms with Crippen molar-refractivity contribution in [1.82, 2.24) is 0 Å². The Morgan fingerprint density at radius 3 is 1.92 bits per heavy atom. The fraction of sp³-hybridized carbons (Fsp3) is 0.265. The van der Waals surface area contributed by atoms with E-state index in [9.17, 15) is 9.59 Å². The number of carbonyl (C=O) groups excluding carboxylic acids is 2. The Balaban J connectivity index is 1.32. The minimum Gasteiger partial charge on any atom is -0.448 e. The molecule has 0 amide bonds. The largest absolute Gasteiger partial charge is 0.448 e. The molecule has 0 N–H and O–H groups in total. The van der Waals surface area contributed by atoms with Crippen LogP contribution in [0.25, 0.3) is 54.9 Å². The highest BCUT2D eigenvalue weighted by Crippen LogP contribution is 2.57. The zero-order valence-corrected chi connectivity index (χ0v) is 31.9. The van der Waals surface area contributed by atoms with Crippen molar-refractivity contribution in [3.8, 4) is 33.4 Å². The van der Waals surface area contributed by atoms with Gasteiger partial charge in [0, 0.05) is 39.7 Å². The number of hydrogen-bond donors (Lipinski definition) is 0. The molecule has 2 atom stereocenters. The summed E-state index contributed by atoms with van der Waals surface area (Å²) in [7, 11) is 0. The average Bonchev–Trinajstić information content (AvgIpc) is 3.57. The van der Waals surface area contributed by atoms with Crippen LogP contribution in [0.2, 0.25) is 0 Å². The summed E-state index contributed by atoms with van der Waals surface area (Å²) in [4.78, 5) is 27.1. The molecule has 0 aromatic heterocycles. The third-order valence-electron chi connectivity index (χ3n) is 11.4. The second-order valence-corrected chi connectivity index (χ2v) is 16.6. The molecule has 6 aromatic rings. The predicted molar refractivity (Wildman–Crippen MR) is 215 cm³/mol. The Morgan fingerprint density at radius 2 is 1.21 bits per heavy atom. The van der Waals surface area contributed by atoms with Gasteiger partial charge in [-0.05, 0) is 107 Å². The maximum Gasteiger partial charge on any atom is 0.334 e. The van der Waals surface area contributed by atoms with Crippen LogP contribution in [-0.2, 0) is 30.3 Å². The van der Waals surface area contributed by atoms with Crippen LogP contribution in [-0.4, -0.2) is 11.9 Å². The SMILES string of the molecule is C=C(C)C(=O)OC1(C(C)C)c2cc(-c3ccc4cc5c(cc4c3)C(OC(=O)C(C)(C)C)(C(C)C)c3ccccc3-5)ccc2-c2c1ccc1ccccc21. The highest BCUT2D eigenvalue weighted by atomic mass is 16.6. The lowest BCUT2D eigenvalue weighted by Gasteiger charge is -2.37. The van der Waals surface area contributed by atoms with Gasteiger partial charge in [0.25, 0.3) is 0 Å². The van der Waals surface area contributed by atoms with Gasteiger partial charge in [0.2, 0.25) is 0 Å². The molecule has 53 heavy (non-hydrogen) atoms. The molecule has 266 valence electrons. The van der Waals surface area contributed by atoms with E-state index < -0.39 is 22.6 Å². The van der Waals surface area contributed by atoms with Crippen LogP contribution in [0.3, 0.4) is 0 Å². The molecule has 4 heteroatoms. The molecule has 4 nitrogen and oxygen atoms in total. The number of carbonyl (C=O) groups is 2. The average molecular weight is 699 g/mol. The van der Waals surface area contributed by atoms with Gasteiger partial charge >= 0.3 is 11.9 Å². The topological polar surface area (TPSA) is 52.6 Å². The molecule has 0 aliphatic heterocycles. The maximum absolute atomic E-state index is 13.6. The smallest absolute Gasteiger partial charge is 0.334 e. The van der Waals surface area contributed by atoms with Gasteiger partial charge in [-0.15, -0.1) is 0 Å². The third-order valence-corrected chi connectivity index (χ3v) is 11.4. The first-order chi connectivity index (χ1) is 25.2. The lowest BCUT2D eigenvalue weighted by molar-refractivity contribution is -0.170. The van der Waals surface area contributed by atoms with E-state index in [2.05, 4.69) is 137 Å². The van der Waals surface area contributed by atoms with Crippen molar-refractivity contribution < 1.29 is 19.1 Å². The summed E-state index contributed by atoms with van der Waals surface area (Å²) in [5, 5.41) is 4.44. The summed E-state index contributed by atoms with van der Waals surface area (Å²) in [6.45, 7) is 19.9. The molecule has 0 fully saturated rings. The zero-order chi connectivity index (χ0) is 37.6. The Kier molecular flexibility index (Phi) is 7.85. The molecule has 2 unspecified atom stereocenters. The summed E-state index contributed by atoms with van der Waals surface area (Å²) < 4.78 is 13.2. The molecule has 8 rings (SSSR count). The van der Waals surface area contributed by atoms with Gasteiger partial charge in [-0.3, -0.25) is 4.79 Å². The first-order valence-electron chi connectivity index (χ1n) is 18.7. The monoisotopic (exact) mass is 698 g/mol. The normalized spacial score (nSPS) is 18.5. The Bertz CT molecular complexity index is 2530. The summed E-state index contributed by atoms with van der Waals surface area (Å²) in [6.07, 6.45) is 0. The van der Waals surface area contributed by atoms with Gasteiger partial charge in [-0.1, -0.05) is 119 Å².